The third kappa shape index (κ3) is 2.78. The fourth-order valence-corrected chi connectivity index (χ4v) is 1.29. The topological polar surface area (TPSA) is 60.2 Å². The zero-order valence-electron chi connectivity index (χ0n) is 7.31. The number of nitro groups is 1. The zero-order valence-corrected chi connectivity index (χ0v) is 8.83. The molecule has 0 aliphatic carbocycles. The standard InChI is InChI=1S/C9H5Cl2NO3/c10-4-3-9(13)7-5-6(12(14)15)1-2-8(7)11/h1-5H. The third-order valence-corrected chi connectivity index (χ3v) is 2.10. The number of carbonyl (C=O) groups excluding carboxylic acids is 1. The summed E-state index contributed by atoms with van der Waals surface area (Å²) in [7, 11) is 0. The highest BCUT2D eigenvalue weighted by atomic mass is 35.5. The van der Waals surface area contributed by atoms with Crippen molar-refractivity contribution >= 4 is 34.7 Å². The zero-order chi connectivity index (χ0) is 11.4. The quantitative estimate of drug-likeness (QED) is 0.356. The predicted octanol–water partition coefficient (Wildman–Crippen LogP) is 3.18. The molecule has 6 heteroatoms. The van der Waals surface area contributed by atoms with Crippen molar-refractivity contribution in [3.05, 3.63) is 50.5 Å². The summed E-state index contributed by atoms with van der Waals surface area (Å²) in [5.41, 5.74) is 0.894. The first kappa shape index (κ1) is 11.7. The molecular weight excluding hydrogens is 241 g/mol. The molecule has 0 aliphatic heterocycles. The minimum atomic E-state index is -0.600. The number of hydrogen-bond donors (Lipinski definition) is 0. The summed E-state index contributed by atoms with van der Waals surface area (Å²) >= 11 is 10.9. The number of nitro benzene ring substituents is 1. The van der Waals surface area contributed by atoms with E-state index in [0.717, 1.165) is 17.7 Å². The Morgan fingerprint density at radius 3 is 2.67 bits per heavy atom. The van der Waals surface area contributed by atoms with Crippen LogP contribution in [0.25, 0.3) is 0 Å². The van der Waals surface area contributed by atoms with E-state index in [1.807, 2.05) is 0 Å². The minimum absolute atomic E-state index is 0.0581. The fraction of sp³-hybridized carbons (Fsp3) is 0. The SMILES string of the molecule is O=C(C=CCl)c1cc([N+](=O)[O-])ccc1Cl. The van der Waals surface area contributed by atoms with E-state index < -0.39 is 10.7 Å². The Labute approximate surface area is 95.3 Å². The number of rotatable bonds is 3. The van der Waals surface area contributed by atoms with Crippen molar-refractivity contribution in [3.63, 3.8) is 0 Å². The number of non-ortho nitro benzene ring substituents is 1. The maximum absolute atomic E-state index is 11.4. The normalized spacial score (nSPS) is 10.5. The van der Waals surface area contributed by atoms with Gasteiger partial charge in [-0.15, -0.1) is 0 Å². The number of halogens is 2. The van der Waals surface area contributed by atoms with Crippen LogP contribution in [-0.2, 0) is 0 Å². The van der Waals surface area contributed by atoms with E-state index in [2.05, 4.69) is 0 Å². The van der Waals surface area contributed by atoms with Crippen molar-refractivity contribution in [2.24, 2.45) is 0 Å². The molecule has 0 aliphatic rings. The van der Waals surface area contributed by atoms with Crippen LogP contribution in [0.2, 0.25) is 5.02 Å². The van der Waals surface area contributed by atoms with Gasteiger partial charge in [-0.25, -0.2) is 0 Å². The van der Waals surface area contributed by atoms with Crippen molar-refractivity contribution in [1.29, 1.82) is 0 Å². The van der Waals surface area contributed by atoms with Crippen LogP contribution in [0.15, 0.2) is 29.8 Å². The van der Waals surface area contributed by atoms with Gasteiger partial charge in [0.05, 0.1) is 9.95 Å². The van der Waals surface area contributed by atoms with Crippen LogP contribution in [0, 0.1) is 10.1 Å². The highest BCUT2D eigenvalue weighted by molar-refractivity contribution is 6.35. The van der Waals surface area contributed by atoms with E-state index in [4.69, 9.17) is 23.2 Å². The molecule has 0 aromatic heterocycles. The van der Waals surface area contributed by atoms with Crippen LogP contribution < -0.4 is 0 Å². The molecule has 0 radical (unpaired) electrons. The van der Waals surface area contributed by atoms with Gasteiger partial charge in [-0.1, -0.05) is 23.2 Å². The van der Waals surface area contributed by atoms with E-state index in [1.165, 1.54) is 12.1 Å². The number of allylic oxidation sites excluding steroid dienone is 1. The van der Waals surface area contributed by atoms with Gasteiger partial charge < -0.3 is 0 Å². The lowest BCUT2D eigenvalue weighted by molar-refractivity contribution is -0.384. The molecule has 4 nitrogen and oxygen atoms in total. The van der Waals surface area contributed by atoms with Gasteiger partial charge in [0.25, 0.3) is 5.69 Å². The molecule has 0 saturated heterocycles. The van der Waals surface area contributed by atoms with Crippen LogP contribution in [0.5, 0.6) is 0 Å². The Kier molecular flexibility index (Phi) is 3.82. The second-order valence-corrected chi connectivity index (χ2v) is 3.24. The molecule has 0 atom stereocenters. The lowest BCUT2D eigenvalue weighted by atomic mass is 10.1. The molecule has 0 N–H and O–H groups in total. The summed E-state index contributed by atoms with van der Waals surface area (Å²) in [6.07, 6.45) is 1.08. The third-order valence-electron chi connectivity index (χ3n) is 1.64. The van der Waals surface area contributed by atoms with Crippen molar-refractivity contribution in [3.8, 4) is 0 Å². The molecule has 0 unspecified atom stereocenters. The van der Waals surface area contributed by atoms with Gasteiger partial charge in [0.2, 0.25) is 0 Å². The van der Waals surface area contributed by atoms with Gasteiger partial charge in [-0.05, 0) is 12.1 Å². The second-order valence-electron chi connectivity index (χ2n) is 2.58. The van der Waals surface area contributed by atoms with Gasteiger partial charge in [0.15, 0.2) is 5.78 Å². The average Bonchev–Trinajstić information content (AvgIpc) is 2.18. The first-order valence-electron chi connectivity index (χ1n) is 3.81. The van der Waals surface area contributed by atoms with E-state index in [-0.39, 0.29) is 16.3 Å². The molecular formula is C9H5Cl2NO3. The van der Waals surface area contributed by atoms with Crippen LogP contribution in [-0.4, -0.2) is 10.7 Å². The summed E-state index contributed by atoms with van der Waals surface area (Å²) < 4.78 is 0. The molecule has 15 heavy (non-hydrogen) atoms. The maximum Gasteiger partial charge on any atom is 0.270 e. The first-order chi connectivity index (χ1) is 7.06. The van der Waals surface area contributed by atoms with E-state index in [9.17, 15) is 14.9 Å². The van der Waals surface area contributed by atoms with Crippen molar-refractivity contribution in [2.75, 3.05) is 0 Å². The van der Waals surface area contributed by atoms with Crippen LogP contribution in [0.3, 0.4) is 0 Å². The Balaban J connectivity index is 3.22. The molecule has 0 saturated carbocycles. The van der Waals surface area contributed by atoms with E-state index >= 15 is 0 Å². The number of carbonyl (C=O) groups is 1. The predicted molar refractivity (Wildman–Crippen MR) is 57.4 cm³/mol. The molecule has 0 spiro atoms. The van der Waals surface area contributed by atoms with Crippen molar-refractivity contribution < 1.29 is 9.72 Å². The molecule has 78 valence electrons. The molecule has 1 aromatic rings. The smallest absolute Gasteiger partial charge is 0.270 e. The highest BCUT2D eigenvalue weighted by Gasteiger charge is 2.13. The van der Waals surface area contributed by atoms with Gasteiger partial charge in [0, 0.05) is 23.2 Å². The monoisotopic (exact) mass is 245 g/mol. The van der Waals surface area contributed by atoms with Crippen molar-refractivity contribution in [2.45, 2.75) is 0 Å². The lowest BCUT2D eigenvalue weighted by Crippen LogP contribution is -1.97. The summed E-state index contributed by atoms with van der Waals surface area (Å²) in [4.78, 5) is 21.2. The second kappa shape index (κ2) is 4.91. The Bertz CT molecular complexity index is 443. The highest BCUT2D eigenvalue weighted by Crippen LogP contribution is 2.22. The van der Waals surface area contributed by atoms with E-state index in [1.54, 1.807) is 0 Å². The van der Waals surface area contributed by atoms with Gasteiger partial charge in [-0.2, -0.15) is 0 Å². The van der Waals surface area contributed by atoms with Gasteiger partial charge in [0.1, 0.15) is 0 Å². The number of hydrogen-bond acceptors (Lipinski definition) is 3. The van der Waals surface area contributed by atoms with Crippen LogP contribution in [0.4, 0.5) is 5.69 Å². The summed E-state index contributed by atoms with van der Waals surface area (Å²) in [6, 6.07) is 3.64. The van der Waals surface area contributed by atoms with Crippen LogP contribution in [0.1, 0.15) is 10.4 Å². The molecule has 0 fully saturated rings. The summed E-state index contributed by atoms with van der Waals surface area (Å²) in [5.74, 6) is -0.473. The summed E-state index contributed by atoms with van der Waals surface area (Å²) in [5, 5.41) is 10.6. The van der Waals surface area contributed by atoms with Gasteiger partial charge in [-0.3, -0.25) is 14.9 Å². The molecule has 0 heterocycles. The van der Waals surface area contributed by atoms with E-state index in [0.29, 0.717) is 0 Å². The lowest BCUT2D eigenvalue weighted by Gasteiger charge is -1.99. The Morgan fingerprint density at radius 2 is 2.13 bits per heavy atom. The number of benzene rings is 1. The Hall–Kier alpha value is -1.39. The molecule has 1 aromatic carbocycles. The van der Waals surface area contributed by atoms with Crippen LogP contribution >= 0.6 is 23.2 Å². The van der Waals surface area contributed by atoms with Crippen molar-refractivity contribution in [1.82, 2.24) is 0 Å². The maximum atomic E-state index is 11.4. The first-order valence-corrected chi connectivity index (χ1v) is 4.62. The Morgan fingerprint density at radius 1 is 1.47 bits per heavy atom. The minimum Gasteiger partial charge on any atom is -0.289 e. The number of ketones is 1. The average molecular weight is 246 g/mol. The fourth-order valence-electron chi connectivity index (χ4n) is 0.963. The molecule has 0 bridgehead atoms. The number of nitrogens with zero attached hydrogens (tertiary/aromatic N) is 1. The largest absolute Gasteiger partial charge is 0.289 e. The molecule has 0 amide bonds. The summed E-state index contributed by atoms with van der Waals surface area (Å²) in [6.45, 7) is 0. The molecule has 1 rings (SSSR count). The van der Waals surface area contributed by atoms with Gasteiger partial charge >= 0.3 is 0 Å².